The molecule has 0 spiro atoms. The zero-order valence-electron chi connectivity index (χ0n) is 54.5. The average Bonchev–Trinajstić information content (AvgIpc) is 3.47. The number of allylic oxidation sites excluding steroid dienone is 7. The van der Waals surface area contributed by atoms with Crippen LogP contribution in [-0.2, 0) is 14.3 Å². The number of hydrogen-bond acceptors (Lipinski definition) is 5. The molecule has 6 heteroatoms. The molecule has 1 amide bonds. The van der Waals surface area contributed by atoms with Gasteiger partial charge in [-0.05, 0) is 77.0 Å². The summed E-state index contributed by atoms with van der Waals surface area (Å²) in [6.07, 6.45) is 91.7. The van der Waals surface area contributed by atoms with Crippen LogP contribution in [0.3, 0.4) is 0 Å². The van der Waals surface area contributed by atoms with Gasteiger partial charge in [-0.15, -0.1) is 0 Å². The summed E-state index contributed by atoms with van der Waals surface area (Å²) >= 11 is 0. The van der Waals surface area contributed by atoms with Gasteiger partial charge in [0.1, 0.15) is 0 Å². The summed E-state index contributed by atoms with van der Waals surface area (Å²) in [5, 5.41) is 23.4. The second kappa shape index (κ2) is 70.3. The Morgan fingerprint density at radius 3 is 0.963 bits per heavy atom. The number of amides is 1. The van der Waals surface area contributed by atoms with Gasteiger partial charge < -0.3 is 20.3 Å². The molecule has 0 saturated carbocycles. The highest BCUT2D eigenvalue weighted by Crippen LogP contribution is 2.19. The van der Waals surface area contributed by atoms with E-state index < -0.39 is 12.1 Å². The van der Waals surface area contributed by atoms with Crippen molar-refractivity contribution in [3.8, 4) is 0 Å². The van der Waals surface area contributed by atoms with Crippen LogP contribution in [0.2, 0.25) is 0 Å². The molecule has 0 aromatic rings. The van der Waals surface area contributed by atoms with E-state index in [0.717, 1.165) is 57.8 Å². The molecule has 2 atom stereocenters. The lowest BCUT2D eigenvalue weighted by Crippen LogP contribution is -2.45. The van der Waals surface area contributed by atoms with Gasteiger partial charge in [0.2, 0.25) is 5.91 Å². The normalized spacial score (nSPS) is 12.8. The highest BCUT2D eigenvalue weighted by atomic mass is 16.5. The molecule has 6 nitrogen and oxygen atoms in total. The Bertz CT molecular complexity index is 1360. The van der Waals surface area contributed by atoms with Gasteiger partial charge in [0.25, 0.3) is 0 Å². The number of aliphatic hydroxyl groups is 2. The van der Waals surface area contributed by atoms with Crippen molar-refractivity contribution in [2.75, 3.05) is 13.2 Å². The molecule has 0 aromatic carbocycles. The van der Waals surface area contributed by atoms with E-state index in [1.165, 1.54) is 302 Å². The number of esters is 1. The maximum atomic E-state index is 12.6. The van der Waals surface area contributed by atoms with Crippen molar-refractivity contribution in [2.45, 2.75) is 405 Å². The molecule has 0 saturated heterocycles. The lowest BCUT2D eigenvalue weighted by molar-refractivity contribution is -0.143. The van der Waals surface area contributed by atoms with Crippen LogP contribution in [0.25, 0.3) is 0 Å². The van der Waals surface area contributed by atoms with Crippen molar-refractivity contribution in [3.63, 3.8) is 0 Å². The van der Waals surface area contributed by atoms with E-state index in [1.807, 2.05) is 0 Å². The summed E-state index contributed by atoms with van der Waals surface area (Å²) in [5.41, 5.74) is 0. The first kappa shape index (κ1) is 78.8. The van der Waals surface area contributed by atoms with Crippen LogP contribution in [0.4, 0.5) is 0 Å². The van der Waals surface area contributed by atoms with Gasteiger partial charge in [-0.3, -0.25) is 9.59 Å². The lowest BCUT2D eigenvalue weighted by Gasteiger charge is -2.22. The van der Waals surface area contributed by atoms with Crippen molar-refractivity contribution in [2.24, 2.45) is 0 Å². The maximum absolute atomic E-state index is 12.6. The summed E-state index contributed by atoms with van der Waals surface area (Å²) in [6.45, 7) is 4.85. The fourth-order valence-corrected chi connectivity index (χ4v) is 11.3. The first-order chi connectivity index (χ1) is 40.0. The standard InChI is InChI=1S/C75H141NO5/c1-3-5-7-9-11-13-15-17-19-21-23-24-25-26-28-32-35-39-43-47-51-55-59-63-67-73(78)72(71-77)76-74(79)68-64-60-56-52-48-44-40-36-33-29-27-30-34-38-42-46-50-54-58-62-66-70-81-75(80)69-65-61-57-53-49-45-41-37-31-22-20-18-16-14-12-10-8-6-4-2/h12,14,18,20,46,50,58,62,72-73,77-78H,3-11,13,15-17,19,21-45,47-49,51-57,59-61,63-71H2,1-2H3,(H,76,79)/b14-12-,20-18-,50-46-,62-58-. The molecule has 0 heterocycles. The van der Waals surface area contributed by atoms with Gasteiger partial charge in [-0.25, -0.2) is 0 Å². The van der Waals surface area contributed by atoms with Gasteiger partial charge in [-0.1, -0.05) is 351 Å². The Morgan fingerprint density at radius 2 is 0.617 bits per heavy atom. The molecule has 0 rings (SSSR count). The third kappa shape index (κ3) is 66.8. The monoisotopic (exact) mass is 1140 g/mol. The zero-order chi connectivity index (χ0) is 58.5. The highest BCUT2D eigenvalue weighted by Gasteiger charge is 2.20. The number of unbranched alkanes of at least 4 members (excludes halogenated alkanes) is 49. The van der Waals surface area contributed by atoms with E-state index in [2.05, 4.69) is 67.8 Å². The molecule has 81 heavy (non-hydrogen) atoms. The minimum absolute atomic E-state index is 0.0359. The Balaban J connectivity index is 3.44. The quantitative estimate of drug-likeness (QED) is 0.0320. The van der Waals surface area contributed by atoms with E-state index in [0.29, 0.717) is 25.9 Å². The van der Waals surface area contributed by atoms with Gasteiger partial charge >= 0.3 is 5.97 Å². The van der Waals surface area contributed by atoms with Crippen LogP contribution in [0.1, 0.15) is 393 Å². The molecule has 476 valence electrons. The number of ether oxygens (including phenoxy) is 1. The van der Waals surface area contributed by atoms with Gasteiger partial charge in [0.05, 0.1) is 25.4 Å². The number of hydrogen-bond donors (Lipinski definition) is 3. The van der Waals surface area contributed by atoms with Crippen molar-refractivity contribution in [3.05, 3.63) is 48.6 Å². The SMILES string of the molecule is CCCCC/C=C\C/C=C\CCCCCCCCCCCC(=O)OCC/C=C\C/C=C\CCCCCCCCCCCCCCCCC(=O)NC(CO)C(O)CCCCCCCCCCCCCCCCCCCCCCCCCC. The van der Waals surface area contributed by atoms with E-state index in [9.17, 15) is 19.8 Å². The van der Waals surface area contributed by atoms with Crippen LogP contribution in [0, 0.1) is 0 Å². The van der Waals surface area contributed by atoms with Crippen LogP contribution < -0.4 is 5.32 Å². The van der Waals surface area contributed by atoms with Gasteiger partial charge in [-0.2, -0.15) is 0 Å². The van der Waals surface area contributed by atoms with E-state index in [4.69, 9.17) is 4.74 Å². The topological polar surface area (TPSA) is 95.9 Å². The number of aliphatic hydroxyl groups excluding tert-OH is 2. The molecule has 0 aliphatic carbocycles. The number of rotatable bonds is 68. The molecule has 0 bridgehead atoms. The highest BCUT2D eigenvalue weighted by molar-refractivity contribution is 5.76. The van der Waals surface area contributed by atoms with Gasteiger partial charge in [0.15, 0.2) is 0 Å². The minimum atomic E-state index is -0.671. The van der Waals surface area contributed by atoms with E-state index >= 15 is 0 Å². The number of carbonyl (C=O) groups is 2. The lowest BCUT2D eigenvalue weighted by atomic mass is 10.0. The first-order valence-electron chi connectivity index (χ1n) is 36.4. The molecular formula is C75H141NO5. The third-order valence-corrected chi connectivity index (χ3v) is 16.9. The second-order valence-corrected chi connectivity index (χ2v) is 24.9. The average molecular weight is 1140 g/mol. The van der Waals surface area contributed by atoms with E-state index in [-0.39, 0.29) is 18.5 Å². The largest absolute Gasteiger partial charge is 0.465 e. The Morgan fingerprint density at radius 1 is 0.346 bits per heavy atom. The minimum Gasteiger partial charge on any atom is -0.465 e. The Hall–Kier alpha value is -2.18. The summed E-state index contributed by atoms with van der Waals surface area (Å²) in [7, 11) is 0. The predicted octanol–water partition coefficient (Wildman–Crippen LogP) is 23.6. The zero-order valence-corrected chi connectivity index (χ0v) is 54.5. The molecule has 0 aliphatic rings. The summed E-state index contributed by atoms with van der Waals surface area (Å²) in [5.74, 6) is -0.0742. The maximum Gasteiger partial charge on any atom is 0.305 e. The molecule has 0 aromatic heterocycles. The predicted molar refractivity (Wildman–Crippen MR) is 356 cm³/mol. The first-order valence-corrected chi connectivity index (χ1v) is 36.4. The van der Waals surface area contributed by atoms with Crippen LogP contribution in [-0.4, -0.2) is 47.4 Å². The smallest absolute Gasteiger partial charge is 0.305 e. The van der Waals surface area contributed by atoms with E-state index in [1.54, 1.807) is 0 Å². The summed E-state index contributed by atoms with van der Waals surface area (Å²) in [6, 6.07) is -0.548. The Kier molecular flexibility index (Phi) is 68.4. The van der Waals surface area contributed by atoms with Crippen LogP contribution >= 0.6 is 0 Å². The summed E-state index contributed by atoms with van der Waals surface area (Å²) < 4.78 is 5.44. The fourth-order valence-electron chi connectivity index (χ4n) is 11.3. The van der Waals surface area contributed by atoms with Crippen molar-refractivity contribution >= 4 is 11.9 Å². The second-order valence-electron chi connectivity index (χ2n) is 24.9. The molecule has 0 aliphatic heterocycles. The van der Waals surface area contributed by atoms with Crippen molar-refractivity contribution < 1.29 is 24.5 Å². The number of carbonyl (C=O) groups excluding carboxylic acids is 2. The van der Waals surface area contributed by atoms with Crippen molar-refractivity contribution in [1.82, 2.24) is 5.32 Å². The third-order valence-electron chi connectivity index (χ3n) is 16.9. The molecule has 0 radical (unpaired) electrons. The van der Waals surface area contributed by atoms with Crippen molar-refractivity contribution in [1.29, 1.82) is 0 Å². The fraction of sp³-hybridized carbons (Fsp3) is 0.867. The molecule has 2 unspecified atom stereocenters. The molecule has 3 N–H and O–H groups in total. The summed E-state index contributed by atoms with van der Waals surface area (Å²) in [4.78, 5) is 24.6. The molecule has 0 fully saturated rings. The number of nitrogens with one attached hydrogen (secondary N) is 1. The van der Waals surface area contributed by atoms with Crippen LogP contribution in [0.5, 0.6) is 0 Å². The Labute approximate surface area is 506 Å². The van der Waals surface area contributed by atoms with Crippen LogP contribution in [0.15, 0.2) is 48.6 Å². The molecular weight excluding hydrogens is 995 g/mol. The van der Waals surface area contributed by atoms with Gasteiger partial charge in [0, 0.05) is 12.8 Å².